The number of benzene rings is 2. The molecule has 1 unspecified atom stereocenters. The van der Waals surface area contributed by atoms with Gasteiger partial charge in [-0.05, 0) is 36.4 Å². The predicted octanol–water partition coefficient (Wildman–Crippen LogP) is 2.73. The van der Waals surface area contributed by atoms with Gasteiger partial charge in [0.1, 0.15) is 23.5 Å². The number of sulfonamides is 1. The number of aromatic nitrogens is 1. The summed E-state index contributed by atoms with van der Waals surface area (Å²) in [6.07, 6.45) is 1.87. The maximum atomic E-state index is 13.7. The molecule has 2 N–H and O–H groups in total. The van der Waals surface area contributed by atoms with Gasteiger partial charge in [0.15, 0.2) is 0 Å². The summed E-state index contributed by atoms with van der Waals surface area (Å²) in [5, 5.41) is 13.5. The van der Waals surface area contributed by atoms with Gasteiger partial charge in [-0.1, -0.05) is 6.07 Å². The zero-order chi connectivity index (χ0) is 23.1. The largest absolute Gasteiger partial charge is 0.497 e. The molecule has 0 amide bonds. The summed E-state index contributed by atoms with van der Waals surface area (Å²) in [5.74, 6) is 1.12. The van der Waals surface area contributed by atoms with Crippen molar-refractivity contribution in [3.05, 3.63) is 67.0 Å². The average Bonchev–Trinajstić information content (AvgIpc) is 2.82. The zero-order valence-electron chi connectivity index (χ0n) is 17.9. The lowest BCUT2D eigenvalue weighted by Crippen LogP contribution is -2.41. The molecule has 1 atom stereocenters. The lowest BCUT2D eigenvalue weighted by molar-refractivity contribution is 0.212. The van der Waals surface area contributed by atoms with Crippen LogP contribution in [0.1, 0.15) is 0 Å². The molecule has 32 heavy (non-hydrogen) atoms. The summed E-state index contributed by atoms with van der Waals surface area (Å²) >= 11 is 0. The van der Waals surface area contributed by atoms with Crippen molar-refractivity contribution in [2.24, 2.45) is 0 Å². The summed E-state index contributed by atoms with van der Waals surface area (Å²) < 4.78 is 44.3. The summed E-state index contributed by atoms with van der Waals surface area (Å²) in [5.41, 5.74) is 0.748. The minimum absolute atomic E-state index is 0.00435. The van der Waals surface area contributed by atoms with Crippen molar-refractivity contribution in [1.29, 1.82) is 0 Å². The Labute approximate surface area is 187 Å². The minimum atomic E-state index is -4.13. The maximum Gasteiger partial charge on any atom is 0.264 e. The van der Waals surface area contributed by atoms with Crippen LogP contribution in [0.4, 0.5) is 11.4 Å². The highest BCUT2D eigenvalue weighted by atomic mass is 32.2. The molecule has 0 fully saturated rings. The molecule has 170 valence electrons. The molecule has 0 bridgehead atoms. The van der Waals surface area contributed by atoms with Crippen molar-refractivity contribution in [1.82, 2.24) is 4.98 Å². The van der Waals surface area contributed by atoms with Gasteiger partial charge >= 0.3 is 0 Å². The van der Waals surface area contributed by atoms with Crippen LogP contribution in [0.5, 0.6) is 17.2 Å². The number of nitrogens with zero attached hydrogens (tertiary/aromatic N) is 2. The normalized spacial score (nSPS) is 12.0. The molecule has 3 rings (SSSR count). The molecule has 10 heteroatoms. The van der Waals surface area contributed by atoms with E-state index in [9.17, 15) is 13.5 Å². The molecule has 0 aliphatic heterocycles. The molecule has 1 aromatic heterocycles. The predicted molar refractivity (Wildman–Crippen MR) is 121 cm³/mol. The van der Waals surface area contributed by atoms with Crippen LogP contribution in [0.15, 0.2) is 71.9 Å². The van der Waals surface area contributed by atoms with Gasteiger partial charge in [-0.25, -0.2) is 8.42 Å². The van der Waals surface area contributed by atoms with E-state index >= 15 is 0 Å². The number of aliphatic hydroxyl groups is 1. The van der Waals surface area contributed by atoms with E-state index in [1.807, 2.05) is 0 Å². The molecule has 3 aromatic rings. The lowest BCUT2D eigenvalue weighted by Gasteiger charge is -2.29. The topological polar surface area (TPSA) is 110 Å². The summed E-state index contributed by atoms with van der Waals surface area (Å²) in [6, 6.07) is 14.3. The monoisotopic (exact) mass is 459 g/mol. The van der Waals surface area contributed by atoms with Crippen molar-refractivity contribution in [2.45, 2.75) is 11.1 Å². The van der Waals surface area contributed by atoms with E-state index in [1.165, 1.54) is 45.7 Å². The Morgan fingerprint density at radius 3 is 2.41 bits per heavy atom. The van der Waals surface area contributed by atoms with Crippen LogP contribution >= 0.6 is 0 Å². The third kappa shape index (κ3) is 5.21. The molecule has 0 saturated heterocycles. The molecule has 0 aliphatic rings. The fraction of sp³-hybridized carbons (Fsp3) is 0.227. The Morgan fingerprint density at radius 2 is 1.75 bits per heavy atom. The molecule has 1 heterocycles. The van der Waals surface area contributed by atoms with Crippen LogP contribution in [-0.2, 0) is 10.0 Å². The van der Waals surface area contributed by atoms with Crippen LogP contribution in [0.25, 0.3) is 0 Å². The van der Waals surface area contributed by atoms with Crippen molar-refractivity contribution in [2.75, 3.05) is 37.5 Å². The molecule has 0 saturated carbocycles. The molecule has 0 spiro atoms. The average molecular weight is 460 g/mol. The Balaban J connectivity index is 2.06. The van der Waals surface area contributed by atoms with Gasteiger partial charge in [-0.3, -0.25) is 9.29 Å². The second kappa shape index (κ2) is 10.2. The van der Waals surface area contributed by atoms with Gasteiger partial charge in [0.25, 0.3) is 10.0 Å². The maximum absolute atomic E-state index is 13.7. The Bertz CT molecular complexity index is 1140. The van der Waals surface area contributed by atoms with Crippen LogP contribution in [0.2, 0.25) is 0 Å². The Kier molecular flexibility index (Phi) is 7.39. The SMILES string of the molecule is COc1cccc(S(=O)(=O)N(CC(O)Nc2cccnc2)c2cc(OC)ccc2OC)c1. The first-order chi connectivity index (χ1) is 15.4. The van der Waals surface area contributed by atoms with Crippen molar-refractivity contribution >= 4 is 21.4 Å². The third-order valence-corrected chi connectivity index (χ3v) is 6.39. The number of anilines is 2. The smallest absolute Gasteiger partial charge is 0.264 e. The highest BCUT2D eigenvalue weighted by Crippen LogP contribution is 2.36. The number of nitrogens with one attached hydrogen (secondary N) is 1. The van der Waals surface area contributed by atoms with E-state index in [1.54, 1.807) is 42.6 Å². The van der Waals surface area contributed by atoms with Crippen LogP contribution in [0.3, 0.4) is 0 Å². The van der Waals surface area contributed by atoms with Crippen LogP contribution in [0, 0.1) is 0 Å². The first kappa shape index (κ1) is 23.2. The summed E-state index contributed by atoms with van der Waals surface area (Å²) in [4.78, 5) is 3.98. The van der Waals surface area contributed by atoms with Gasteiger partial charge in [0.05, 0.1) is 44.1 Å². The third-order valence-electron chi connectivity index (χ3n) is 4.62. The fourth-order valence-electron chi connectivity index (χ4n) is 3.05. The number of aliphatic hydroxyl groups excluding tert-OH is 1. The highest BCUT2D eigenvalue weighted by molar-refractivity contribution is 7.92. The van der Waals surface area contributed by atoms with E-state index in [4.69, 9.17) is 14.2 Å². The quantitative estimate of drug-likeness (QED) is 0.446. The van der Waals surface area contributed by atoms with Gasteiger partial charge < -0.3 is 24.6 Å². The standard InChI is InChI=1S/C22H25N3O6S/c1-29-17-7-4-8-19(12-17)32(27,28)25(15-22(26)24-16-6-5-11-23-14-16)20-13-18(30-2)9-10-21(20)31-3/h4-14,22,24,26H,15H2,1-3H3. The second-order valence-electron chi connectivity index (χ2n) is 6.65. The van der Waals surface area contributed by atoms with E-state index in [0.717, 1.165) is 4.31 Å². The fourth-order valence-corrected chi connectivity index (χ4v) is 4.56. The van der Waals surface area contributed by atoms with Gasteiger partial charge in [-0.2, -0.15) is 0 Å². The minimum Gasteiger partial charge on any atom is -0.497 e. The molecule has 0 aliphatic carbocycles. The van der Waals surface area contributed by atoms with Gasteiger partial charge in [0.2, 0.25) is 0 Å². The lowest BCUT2D eigenvalue weighted by atomic mass is 10.2. The van der Waals surface area contributed by atoms with E-state index < -0.39 is 16.3 Å². The summed E-state index contributed by atoms with van der Waals surface area (Å²) in [7, 11) is 0.239. The number of hydrogen-bond donors (Lipinski definition) is 2. The molecule has 2 aromatic carbocycles. The molecular formula is C22H25N3O6S. The summed E-state index contributed by atoms with van der Waals surface area (Å²) in [6.45, 7) is -0.321. The van der Waals surface area contributed by atoms with Crippen molar-refractivity contribution < 1.29 is 27.7 Å². The van der Waals surface area contributed by atoms with Crippen molar-refractivity contribution in [3.63, 3.8) is 0 Å². The molecule has 0 radical (unpaired) electrons. The molecular weight excluding hydrogens is 434 g/mol. The van der Waals surface area contributed by atoms with E-state index in [-0.39, 0.29) is 17.1 Å². The number of hydrogen-bond acceptors (Lipinski definition) is 8. The van der Waals surface area contributed by atoms with Gasteiger partial charge in [0, 0.05) is 24.5 Å². The number of rotatable bonds is 10. The van der Waals surface area contributed by atoms with Gasteiger partial charge in [-0.15, -0.1) is 0 Å². The Morgan fingerprint density at radius 1 is 1.00 bits per heavy atom. The van der Waals surface area contributed by atoms with E-state index in [2.05, 4.69) is 10.3 Å². The zero-order valence-corrected chi connectivity index (χ0v) is 18.7. The Hall–Kier alpha value is -3.50. The number of pyridine rings is 1. The molecule has 9 nitrogen and oxygen atoms in total. The first-order valence-corrected chi connectivity index (χ1v) is 11.1. The van der Waals surface area contributed by atoms with E-state index in [0.29, 0.717) is 22.9 Å². The van der Waals surface area contributed by atoms with Crippen LogP contribution < -0.4 is 23.8 Å². The van der Waals surface area contributed by atoms with Crippen molar-refractivity contribution in [3.8, 4) is 17.2 Å². The number of methoxy groups -OCH3 is 3. The second-order valence-corrected chi connectivity index (χ2v) is 8.52. The first-order valence-electron chi connectivity index (χ1n) is 9.62. The highest BCUT2D eigenvalue weighted by Gasteiger charge is 2.30. The van der Waals surface area contributed by atoms with Crippen LogP contribution in [-0.4, -0.2) is 52.6 Å². The number of ether oxygens (including phenoxy) is 3.